The fraction of sp³-hybridized carbons (Fsp3) is 0.846. The quantitative estimate of drug-likeness (QED) is 0.0659. The van der Waals surface area contributed by atoms with Gasteiger partial charge in [-0.2, -0.15) is 0 Å². The highest BCUT2D eigenvalue weighted by Crippen LogP contribution is 2.45. The third-order valence-corrected chi connectivity index (χ3v) is 10.2. The van der Waals surface area contributed by atoms with Crippen molar-refractivity contribution in [1.29, 1.82) is 0 Å². The summed E-state index contributed by atoms with van der Waals surface area (Å²) in [5.41, 5.74) is 1.76. The maximum Gasteiger partial charge on any atom is 0.303 e. The van der Waals surface area contributed by atoms with Crippen molar-refractivity contribution in [1.82, 2.24) is 0 Å². The van der Waals surface area contributed by atoms with Crippen LogP contribution in [0.15, 0.2) is 24.3 Å². The van der Waals surface area contributed by atoms with E-state index in [4.69, 9.17) is 10.2 Å². The molecule has 4 nitrogen and oxygen atoms in total. The van der Waals surface area contributed by atoms with Gasteiger partial charge in [0.1, 0.15) is 0 Å². The number of unbranched alkanes of at least 4 members (excludes halogenated alkanes) is 14. The molecule has 43 heavy (non-hydrogen) atoms. The monoisotopic (exact) mass is 603 g/mol. The smallest absolute Gasteiger partial charge is 0.303 e. The average molecular weight is 603 g/mol. The van der Waals surface area contributed by atoms with Crippen molar-refractivity contribution in [3.05, 3.63) is 24.3 Å². The first kappa shape index (κ1) is 39.4. The fourth-order valence-electron chi connectivity index (χ4n) is 7.53. The van der Waals surface area contributed by atoms with Gasteiger partial charge in [-0.1, -0.05) is 141 Å². The highest BCUT2D eigenvalue weighted by molar-refractivity contribution is 5.66. The average Bonchev–Trinajstić information content (AvgIpc) is 2.98. The number of carbonyl (C=O) groups is 2. The summed E-state index contributed by atoms with van der Waals surface area (Å²) in [5, 5.41) is 17.9. The second kappa shape index (κ2) is 25.7. The Morgan fingerprint density at radius 3 is 1.84 bits per heavy atom. The number of hydrogen-bond acceptors (Lipinski definition) is 2. The molecule has 0 aliphatic heterocycles. The summed E-state index contributed by atoms with van der Waals surface area (Å²) in [6.45, 7) is 11.5. The van der Waals surface area contributed by atoms with E-state index in [0.29, 0.717) is 36.5 Å². The summed E-state index contributed by atoms with van der Waals surface area (Å²) in [6, 6.07) is 0. The van der Waals surface area contributed by atoms with Crippen molar-refractivity contribution in [3.63, 3.8) is 0 Å². The van der Waals surface area contributed by atoms with Crippen LogP contribution in [-0.4, -0.2) is 22.2 Å². The summed E-state index contributed by atoms with van der Waals surface area (Å²) in [6.07, 6.45) is 33.5. The van der Waals surface area contributed by atoms with Crippen LogP contribution in [0.3, 0.4) is 0 Å². The Bertz CT molecular complexity index is 756. The van der Waals surface area contributed by atoms with Gasteiger partial charge in [0.05, 0.1) is 0 Å². The molecule has 0 saturated heterocycles. The van der Waals surface area contributed by atoms with Crippen molar-refractivity contribution in [3.8, 4) is 0 Å². The van der Waals surface area contributed by atoms with Crippen molar-refractivity contribution in [2.45, 2.75) is 181 Å². The molecule has 0 aromatic heterocycles. The van der Waals surface area contributed by atoms with Crippen LogP contribution in [-0.2, 0) is 9.59 Å². The molecule has 5 atom stereocenters. The number of carboxylic acid groups (broad SMARTS) is 2. The first-order valence-electron chi connectivity index (χ1n) is 18.6. The van der Waals surface area contributed by atoms with E-state index in [9.17, 15) is 9.59 Å². The van der Waals surface area contributed by atoms with Crippen LogP contribution in [0.1, 0.15) is 181 Å². The van der Waals surface area contributed by atoms with Crippen molar-refractivity contribution in [2.24, 2.45) is 29.6 Å². The summed E-state index contributed by atoms with van der Waals surface area (Å²) in [5.74, 6) is 1.86. The molecule has 2 N–H and O–H groups in total. The Hall–Kier alpha value is -1.58. The van der Waals surface area contributed by atoms with Gasteiger partial charge in [0.25, 0.3) is 0 Å². The van der Waals surface area contributed by atoms with Gasteiger partial charge in [-0.25, -0.2) is 0 Å². The van der Waals surface area contributed by atoms with Gasteiger partial charge in [0.2, 0.25) is 0 Å². The van der Waals surface area contributed by atoms with E-state index in [1.807, 2.05) is 0 Å². The molecule has 5 unspecified atom stereocenters. The van der Waals surface area contributed by atoms with Gasteiger partial charge in [0, 0.05) is 12.8 Å². The van der Waals surface area contributed by atoms with Gasteiger partial charge < -0.3 is 10.2 Å². The van der Waals surface area contributed by atoms with Gasteiger partial charge in [-0.15, -0.1) is 6.58 Å². The number of hydrogen-bond donors (Lipinski definition) is 2. The highest BCUT2D eigenvalue weighted by atomic mass is 16.4. The minimum absolute atomic E-state index is 0.296. The van der Waals surface area contributed by atoms with Crippen molar-refractivity contribution in [2.75, 3.05) is 0 Å². The van der Waals surface area contributed by atoms with Crippen LogP contribution >= 0.6 is 0 Å². The molecule has 0 amide bonds. The number of rotatable bonds is 29. The maximum absolute atomic E-state index is 10.9. The maximum atomic E-state index is 10.9. The number of carboxylic acids is 2. The molecular weight excluding hydrogens is 532 g/mol. The van der Waals surface area contributed by atoms with E-state index < -0.39 is 11.9 Å². The third-order valence-electron chi connectivity index (χ3n) is 10.2. The topological polar surface area (TPSA) is 74.6 Å². The van der Waals surface area contributed by atoms with E-state index in [0.717, 1.165) is 44.4 Å². The van der Waals surface area contributed by atoms with E-state index in [2.05, 4.69) is 39.5 Å². The molecular formula is C39H70O4. The van der Waals surface area contributed by atoms with Crippen LogP contribution in [0.25, 0.3) is 0 Å². The van der Waals surface area contributed by atoms with Crippen LogP contribution in [0.5, 0.6) is 0 Å². The number of aliphatic carboxylic acids is 2. The van der Waals surface area contributed by atoms with E-state index in [1.54, 1.807) is 5.57 Å². The molecule has 0 saturated carbocycles. The van der Waals surface area contributed by atoms with Crippen LogP contribution in [0.2, 0.25) is 0 Å². The van der Waals surface area contributed by atoms with Gasteiger partial charge in [0.15, 0.2) is 0 Å². The lowest BCUT2D eigenvalue weighted by Gasteiger charge is -2.41. The molecule has 0 heterocycles. The highest BCUT2D eigenvalue weighted by Gasteiger charge is 2.35. The fourth-order valence-corrected chi connectivity index (χ4v) is 7.53. The van der Waals surface area contributed by atoms with Crippen LogP contribution in [0.4, 0.5) is 0 Å². The Kier molecular flexibility index (Phi) is 23.6. The largest absolute Gasteiger partial charge is 0.481 e. The molecule has 0 fully saturated rings. The van der Waals surface area contributed by atoms with Gasteiger partial charge in [-0.3, -0.25) is 9.59 Å². The molecule has 0 radical (unpaired) electrons. The SMILES string of the molecule is C=CC1CC(CCCCCC)C(CCCCCC)=CC1C(CCCCCCCC(=O)O)C(C)CCCCCCCC(=O)O. The second-order valence-electron chi connectivity index (χ2n) is 13.9. The van der Waals surface area contributed by atoms with E-state index in [-0.39, 0.29) is 0 Å². The van der Waals surface area contributed by atoms with Gasteiger partial charge in [-0.05, 0) is 74.5 Å². The van der Waals surface area contributed by atoms with E-state index >= 15 is 0 Å². The van der Waals surface area contributed by atoms with Gasteiger partial charge >= 0.3 is 11.9 Å². The lowest BCUT2D eigenvalue weighted by atomic mass is 9.64. The lowest BCUT2D eigenvalue weighted by Crippen LogP contribution is -2.32. The molecule has 0 bridgehead atoms. The van der Waals surface area contributed by atoms with Crippen LogP contribution in [0, 0.1) is 29.6 Å². The third kappa shape index (κ3) is 18.7. The predicted octanol–water partition coefficient (Wildman–Crippen LogP) is 12.2. The minimum atomic E-state index is -0.677. The molecule has 1 aliphatic rings. The predicted molar refractivity (Wildman–Crippen MR) is 183 cm³/mol. The van der Waals surface area contributed by atoms with E-state index in [1.165, 1.54) is 109 Å². The standard InChI is InChI=1S/C39H70O4/c1-5-8-10-19-25-34-30-33(7-3)37(31-35(34)26-20-11-9-6-2)36(27-21-15-13-17-23-29-39(42)43)32(4)24-18-14-12-16-22-28-38(40)41/h7,31-34,36-37H,3,5-6,8-30H2,1-2,4H3,(H,40,41)(H,42,43). The zero-order chi connectivity index (χ0) is 31.7. The molecule has 1 rings (SSSR count). The number of allylic oxidation sites excluding steroid dienone is 3. The lowest BCUT2D eigenvalue weighted by molar-refractivity contribution is -0.138. The molecule has 0 aromatic rings. The Morgan fingerprint density at radius 1 is 0.767 bits per heavy atom. The normalized spacial score (nSPS) is 20.0. The molecule has 0 aromatic carbocycles. The first-order valence-corrected chi connectivity index (χ1v) is 18.6. The minimum Gasteiger partial charge on any atom is -0.481 e. The van der Waals surface area contributed by atoms with Crippen molar-refractivity contribution < 1.29 is 19.8 Å². The summed E-state index contributed by atoms with van der Waals surface area (Å²) in [4.78, 5) is 21.7. The van der Waals surface area contributed by atoms with Crippen LogP contribution < -0.4 is 0 Å². The Morgan fingerprint density at radius 2 is 1.28 bits per heavy atom. The summed E-state index contributed by atoms with van der Waals surface area (Å²) in [7, 11) is 0. The zero-order valence-electron chi connectivity index (χ0n) is 28.6. The summed E-state index contributed by atoms with van der Waals surface area (Å²) < 4.78 is 0. The first-order chi connectivity index (χ1) is 20.8. The second-order valence-corrected chi connectivity index (χ2v) is 13.9. The summed E-state index contributed by atoms with van der Waals surface area (Å²) >= 11 is 0. The van der Waals surface area contributed by atoms with Crippen molar-refractivity contribution >= 4 is 11.9 Å². The molecule has 4 heteroatoms. The molecule has 250 valence electrons. The Labute approximate surface area is 266 Å². The molecule has 1 aliphatic carbocycles. The zero-order valence-corrected chi connectivity index (χ0v) is 28.6. The Balaban J connectivity index is 2.96. The molecule has 0 spiro atoms.